The second-order valence-corrected chi connectivity index (χ2v) is 7.94. The minimum absolute atomic E-state index is 0.265. The summed E-state index contributed by atoms with van der Waals surface area (Å²) in [6, 6.07) is 12.9. The number of carbonyl (C=O) groups excluding carboxylic acids is 2. The number of para-hydroxylation sites is 1. The van der Waals surface area contributed by atoms with Crippen molar-refractivity contribution in [3.8, 4) is 5.75 Å². The van der Waals surface area contributed by atoms with Gasteiger partial charge < -0.3 is 10.1 Å². The number of rotatable bonds is 2. The largest absolute Gasteiger partial charge is 0.497 e. The van der Waals surface area contributed by atoms with Gasteiger partial charge in [-0.15, -0.1) is 0 Å². The van der Waals surface area contributed by atoms with Gasteiger partial charge in [0.25, 0.3) is 10.8 Å². The van der Waals surface area contributed by atoms with Crippen molar-refractivity contribution in [2.75, 3.05) is 23.1 Å². The van der Waals surface area contributed by atoms with E-state index in [-0.39, 0.29) is 5.56 Å². The Balaban J connectivity index is 2.00. The summed E-state index contributed by atoms with van der Waals surface area (Å²) < 4.78 is 30.9. The van der Waals surface area contributed by atoms with Crippen LogP contribution in [0.4, 0.5) is 11.4 Å². The molecule has 0 saturated carbocycles. The SMILES string of the molecule is COc1ccc(N2C(=O)CS(=O)(=O)C23C(=O)Nc2ccccc23)cc1. The predicted molar refractivity (Wildman–Crippen MR) is 91.0 cm³/mol. The highest BCUT2D eigenvalue weighted by atomic mass is 32.2. The average Bonchev–Trinajstić information content (AvgIpc) is 3.00. The molecule has 1 unspecified atom stereocenters. The molecule has 0 aromatic heterocycles. The maximum atomic E-state index is 12.9. The van der Waals surface area contributed by atoms with Gasteiger partial charge in [0.15, 0.2) is 9.84 Å². The van der Waals surface area contributed by atoms with Crippen molar-refractivity contribution in [3.63, 3.8) is 0 Å². The number of sulfone groups is 1. The van der Waals surface area contributed by atoms with Crippen molar-refractivity contribution in [3.05, 3.63) is 54.1 Å². The molecule has 8 heteroatoms. The average molecular weight is 358 g/mol. The number of carbonyl (C=O) groups is 2. The van der Waals surface area contributed by atoms with Crippen molar-refractivity contribution in [1.82, 2.24) is 0 Å². The number of benzene rings is 2. The molecule has 2 heterocycles. The first-order valence-electron chi connectivity index (χ1n) is 7.52. The summed E-state index contributed by atoms with van der Waals surface area (Å²) in [6.45, 7) is 0. The van der Waals surface area contributed by atoms with Gasteiger partial charge in [-0.25, -0.2) is 8.42 Å². The number of amides is 2. The first kappa shape index (κ1) is 15.6. The molecule has 2 aliphatic heterocycles. The molecule has 2 amide bonds. The third kappa shape index (κ3) is 1.88. The van der Waals surface area contributed by atoms with Crippen molar-refractivity contribution in [1.29, 1.82) is 0 Å². The number of fused-ring (bicyclic) bond motifs is 2. The van der Waals surface area contributed by atoms with Gasteiger partial charge in [-0.2, -0.15) is 0 Å². The molecule has 1 spiro atoms. The first-order valence-corrected chi connectivity index (χ1v) is 9.17. The molecule has 0 bridgehead atoms. The number of methoxy groups -OCH3 is 1. The molecule has 25 heavy (non-hydrogen) atoms. The van der Waals surface area contributed by atoms with Gasteiger partial charge in [0.2, 0.25) is 5.91 Å². The van der Waals surface area contributed by atoms with E-state index >= 15 is 0 Å². The van der Waals surface area contributed by atoms with Crippen LogP contribution in [0.25, 0.3) is 0 Å². The Labute approximate surface area is 144 Å². The molecule has 1 N–H and O–H groups in total. The summed E-state index contributed by atoms with van der Waals surface area (Å²) in [6.07, 6.45) is 0. The predicted octanol–water partition coefficient (Wildman–Crippen LogP) is 1.26. The third-order valence-electron chi connectivity index (χ3n) is 4.51. The van der Waals surface area contributed by atoms with E-state index in [1.54, 1.807) is 48.5 Å². The maximum absolute atomic E-state index is 12.9. The fourth-order valence-electron chi connectivity index (χ4n) is 3.45. The van der Waals surface area contributed by atoms with Crippen molar-refractivity contribution in [2.24, 2.45) is 0 Å². The van der Waals surface area contributed by atoms with Crippen LogP contribution in [0.2, 0.25) is 0 Å². The second-order valence-electron chi connectivity index (χ2n) is 5.83. The van der Waals surface area contributed by atoms with E-state index in [1.165, 1.54) is 7.11 Å². The summed E-state index contributed by atoms with van der Waals surface area (Å²) in [4.78, 5) is 24.4. The lowest BCUT2D eigenvalue weighted by atomic mass is 10.0. The molecule has 128 valence electrons. The Morgan fingerprint density at radius 2 is 1.76 bits per heavy atom. The van der Waals surface area contributed by atoms with Crippen LogP contribution in [-0.2, 0) is 24.3 Å². The fourth-order valence-corrected chi connectivity index (χ4v) is 5.45. The van der Waals surface area contributed by atoms with E-state index in [1.807, 2.05) is 0 Å². The van der Waals surface area contributed by atoms with Gasteiger partial charge in [0.05, 0.1) is 7.11 Å². The van der Waals surface area contributed by atoms with Gasteiger partial charge in [0, 0.05) is 16.9 Å². The number of ether oxygens (including phenoxy) is 1. The van der Waals surface area contributed by atoms with E-state index in [0.717, 1.165) is 4.90 Å². The monoisotopic (exact) mass is 358 g/mol. The molecule has 1 fully saturated rings. The van der Waals surface area contributed by atoms with Crippen molar-refractivity contribution in [2.45, 2.75) is 4.87 Å². The molecule has 2 aliphatic rings. The topological polar surface area (TPSA) is 92.8 Å². The molecule has 2 aromatic rings. The Kier molecular flexibility index (Phi) is 3.17. The van der Waals surface area contributed by atoms with E-state index in [2.05, 4.69) is 5.32 Å². The van der Waals surface area contributed by atoms with E-state index in [0.29, 0.717) is 17.1 Å². The van der Waals surface area contributed by atoms with Gasteiger partial charge in [-0.05, 0) is 30.3 Å². The minimum atomic E-state index is -4.08. The summed E-state index contributed by atoms with van der Waals surface area (Å²) in [5, 5.41) is 2.59. The maximum Gasteiger partial charge on any atom is 0.271 e. The molecular weight excluding hydrogens is 344 g/mol. The Morgan fingerprint density at radius 3 is 2.44 bits per heavy atom. The van der Waals surface area contributed by atoms with Crippen molar-refractivity contribution < 1.29 is 22.7 Å². The molecule has 7 nitrogen and oxygen atoms in total. The van der Waals surface area contributed by atoms with Crippen LogP contribution in [0, 0.1) is 0 Å². The summed E-state index contributed by atoms with van der Waals surface area (Å²) in [7, 11) is -2.58. The summed E-state index contributed by atoms with van der Waals surface area (Å²) in [5.74, 6) is -1.54. The smallest absolute Gasteiger partial charge is 0.271 e. The van der Waals surface area contributed by atoms with Gasteiger partial charge >= 0.3 is 0 Å². The van der Waals surface area contributed by atoms with Crippen LogP contribution in [-0.4, -0.2) is 33.1 Å². The van der Waals surface area contributed by atoms with Crippen LogP contribution in [0.5, 0.6) is 5.75 Å². The van der Waals surface area contributed by atoms with Crippen LogP contribution in [0.3, 0.4) is 0 Å². The lowest BCUT2D eigenvalue weighted by Crippen LogP contribution is -2.52. The molecule has 1 atom stereocenters. The third-order valence-corrected chi connectivity index (χ3v) is 6.62. The van der Waals surface area contributed by atoms with E-state index in [9.17, 15) is 18.0 Å². The fraction of sp³-hybridized carbons (Fsp3) is 0.176. The number of anilines is 2. The number of hydrogen-bond donors (Lipinski definition) is 1. The molecule has 0 aliphatic carbocycles. The lowest BCUT2D eigenvalue weighted by molar-refractivity contribution is -0.122. The number of hydrogen-bond acceptors (Lipinski definition) is 5. The lowest BCUT2D eigenvalue weighted by Gasteiger charge is -2.31. The molecule has 4 rings (SSSR count). The second kappa shape index (κ2) is 5.06. The van der Waals surface area contributed by atoms with Crippen LogP contribution < -0.4 is 15.0 Å². The Morgan fingerprint density at radius 1 is 1.08 bits per heavy atom. The summed E-state index contributed by atoms with van der Waals surface area (Å²) >= 11 is 0. The van der Waals surface area contributed by atoms with Crippen LogP contribution in [0.15, 0.2) is 48.5 Å². The molecular formula is C17H14N2O5S. The highest BCUT2D eigenvalue weighted by Crippen LogP contribution is 2.50. The molecule has 2 aromatic carbocycles. The Bertz CT molecular complexity index is 1000. The molecule has 1 saturated heterocycles. The number of nitrogens with one attached hydrogen (secondary N) is 1. The van der Waals surface area contributed by atoms with Crippen molar-refractivity contribution >= 4 is 33.0 Å². The summed E-state index contributed by atoms with van der Waals surface area (Å²) in [5.41, 5.74) is 0.977. The zero-order valence-corrected chi connectivity index (χ0v) is 14.0. The quantitative estimate of drug-likeness (QED) is 0.872. The van der Waals surface area contributed by atoms with E-state index < -0.39 is 32.3 Å². The Hall–Kier alpha value is -2.87. The highest BCUT2D eigenvalue weighted by Gasteiger charge is 2.67. The van der Waals surface area contributed by atoms with Gasteiger partial charge in [-0.1, -0.05) is 18.2 Å². The highest BCUT2D eigenvalue weighted by molar-refractivity contribution is 7.94. The van der Waals surface area contributed by atoms with Gasteiger partial charge in [0.1, 0.15) is 11.5 Å². The van der Waals surface area contributed by atoms with Crippen LogP contribution in [0.1, 0.15) is 5.56 Å². The standard InChI is InChI=1S/C17H14N2O5S/c1-24-12-8-6-11(7-9-12)19-15(20)10-25(22,23)17(19)13-4-2-3-5-14(13)18-16(17)21/h2-9H,10H2,1H3,(H,18,21). The zero-order chi connectivity index (χ0) is 17.8. The minimum Gasteiger partial charge on any atom is -0.497 e. The normalized spacial score (nSPS) is 23.6. The molecule has 0 radical (unpaired) electrons. The van der Waals surface area contributed by atoms with E-state index in [4.69, 9.17) is 4.74 Å². The zero-order valence-electron chi connectivity index (χ0n) is 13.2. The van der Waals surface area contributed by atoms with Crippen LogP contribution >= 0.6 is 0 Å². The first-order chi connectivity index (χ1) is 11.9. The number of nitrogens with zero attached hydrogens (tertiary/aromatic N) is 1. The van der Waals surface area contributed by atoms with Gasteiger partial charge in [-0.3, -0.25) is 14.5 Å².